The Morgan fingerprint density at radius 1 is 1.04 bits per heavy atom. The van der Waals surface area contributed by atoms with Crippen molar-refractivity contribution in [1.82, 2.24) is 5.32 Å². The molecule has 0 aliphatic carbocycles. The van der Waals surface area contributed by atoms with Crippen LogP contribution in [0.4, 0.5) is 5.69 Å². The van der Waals surface area contributed by atoms with Crippen molar-refractivity contribution < 1.29 is 14.3 Å². The average molecular weight is 338 g/mol. The predicted octanol–water partition coefficient (Wildman–Crippen LogP) is 2.53. The lowest BCUT2D eigenvalue weighted by Crippen LogP contribution is -2.54. The number of thiocarbonyl (C=S) groups is 1. The minimum Gasteiger partial charge on any atom is -0.497 e. The normalized spacial score (nSPS) is 16.3. The van der Waals surface area contributed by atoms with Crippen molar-refractivity contribution in [2.24, 2.45) is 0 Å². The highest BCUT2D eigenvalue weighted by Crippen LogP contribution is 2.22. The quantitative estimate of drug-likeness (QED) is 0.531. The fourth-order valence-corrected chi connectivity index (χ4v) is 2.62. The van der Waals surface area contributed by atoms with Gasteiger partial charge in [-0.3, -0.25) is 19.8 Å². The molecule has 2 aromatic rings. The van der Waals surface area contributed by atoms with Gasteiger partial charge in [-0.15, -0.1) is 0 Å². The van der Waals surface area contributed by atoms with E-state index < -0.39 is 11.8 Å². The van der Waals surface area contributed by atoms with Crippen LogP contribution >= 0.6 is 12.2 Å². The number of benzene rings is 2. The van der Waals surface area contributed by atoms with E-state index in [1.165, 1.54) is 11.0 Å². The largest absolute Gasteiger partial charge is 0.497 e. The Morgan fingerprint density at radius 2 is 1.71 bits per heavy atom. The summed E-state index contributed by atoms with van der Waals surface area (Å²) in [7, 11) is 1.57. The van der Waals surface area contributed by atoms with Gasteiger partial charge >= 0.3 is 0 Å². The summed E-state index contributed by atoms with van der Waals surface area (Å²) in [6.07, 6.45) is 1.54. The van der Waals surface area contributed by atoms with Crippen molar-refractivity contribution >= 4 is 40.9 Å². The molecule has 0 atom stereocenters. The van der Waals surface area contributed by atoms with E-state index in [2.05, 4.69) is 5.32 Å². The van der Waals surface area contributed by atoms with Gasteiger partial charge < -0.3 is 4.74 Å². The van der Waals surface area contributed by atoms with Gasteiger partial charge in [0.25, 0.3) is 11.8 Å². The van der Waals surface area contributed by atoms with Gasteiger partial charge in [0.05, 0.1) is 12.8 Å². The molecule has 1 saturated heterocycles. The van der Waals surface area contributed by atoms with E-state index in [1.54, 1.807) is 55.6 Å². The summed E-state index contributed by atoms with van der Waals surface area (Å²) in [6, 6.07) is 16.0. The number of rotatable bonds is 3. The molecule has 2 aromatic carbocycles. The minimum absolute atomic E-state index is 0.0256. The standard InChI is InChI=1S/C18H14N2O3S/c1-23-14-9-7-12(8-10-14)11-15-16(21)19-18(24)20(17(15)22)13-5-3-2-4-6-13/h2-11H,1H3,(H,19,21,24)/b15-11-. The number of para-hydroxylation sites is 1. The van der Waals surface area contributed by atoms with Gasteiger partial charge in [0, 0.05) is 0 Å². The van der Waals surface area contributed by atoms with Gasteiger partial charge in [-0.05, 0) is 48.1 Å². The minimum atomic E-state index is -0.506. The van der Waals surface area contributed by atoms with Crippen LogP contribution in [0, 0.1) is 0 Å². The number of ether oxygens (including phenoxy) is 1. The molecule has 120 valence electrons. The van der Waals surface area contributed by atoms with Crippen LogP contribution in [0.15, 0.2) is 60.2 Å². The van der Waals surface area contributed by atoms with E-state index in [-0.39, 0.29) is 10.7 Å². The highest BCUT2D eigenvalue weighted by molar-refractivity contribution is 7.80. The first-order chi connectivity index (χ1) is 11.6. The Kier molecular flexibility index (Phi) is 4.39. The molecule has 1 fully saturated rings. The summed E-state index contributed by atoms with van der Waals surface area (Å²) in [6.45, 7) is 0. The maximum absolute atomic E-state index is 12.8. The van der Waals surface area contributed by atoms with E-state index in [0.717, 1.165) is 5.56 Å². The number of hydrogen-bond donors (Lipinski definition) is 1. The molecule has 0 radical (unpaired) electrons. The van der Waals surface area contributed by atoms with E-state index in [4.69, 9.17) is 17.0 Å². The van der Waals surface area contributed by atoms with Crippen molar-refractivity contribution in [1.29, 1.82) is 0 Å². The van der Waals surface area contributed by atoms with E-state index in [1.807, 2.05) is 6.07 Å². The number of carbonyl (C=O) groups excluding carboxylic acids is 2. The van der Waals surface area contributed by atoms with Crippen molar-refractivity contribution in [3.05, 3.63) is 65.7 Å². The molecule has 2 amide bonds. The van der Waals surface area contributed by atoms with Crippen molar-refractivity contribution in [2.45, 2.75) is 0 Å². The number of nitrogens with one attached hydrogen (secondary N) is 1. The molecule has 24 heavy (non-hydrogen) atoms. The topological polar surface area (TPSA) is 58.6 Å². The highest BCUT2D eigenvalue weighted by atomic mass is 32.1. The van der Waals surface area contributed by atoms with Crippen LogP contribution in [0.25, 0.3) is 6.08 Å². The van der Waals surface area contributed by atoms with Crippen LogP contribution < -0.4 is 15.0 Å². The molecule has 3 rings (SSSR count). The third-order valence-electron chi connectivity index (χ3n) is 3.54. The molecule has 0 saturated carbocycles. The average Bonchev–Trinajstić information content (AvgIpc) is 2.60. The van der Waals surface area contributed by atoms with E-state index in [0.29, 0.717) is 11.4 Å². The van der Waals surface area contributed by atoms with Gasteiger partial charge in [0.2, 0.25) is 0 Å². The molecule has 1 N–H and O–H groups in total. The van der Waals surface area contributed by atoms with Gasteiger partial charge in [0.1, 0.15) is 11.3 Å². The third-order valence-corrected chi connectivity index (χ3v) is 3.83. The fraction of sp³-hybridized carbons (Fsp3) is 0.0556. The summed E-state index contributed by atoms with van der Waals surface area (Å²) < 4.78 is 5.10. The summed E-state index contributed by atoms with van der Waals surface area (Å²) in [4.78, 5) is 26.3. The molecular weight excluding hydrogens is 324 g/mol. The number of carbonyl (C=O) groups is 2. The molecule has 1 heterocycles. The maximum atomic E-state index is 12.8. The second-order valence-electron chi connectivity index (χ2n) is 5.07. The zero-order valence-electron chi connectivity index (χ0n) is 12.9. The lowest BCUT2D eigenvalue weighted by Gasteiger charge is -2.28. The molecule has 1 aliphatic heterocycles. The molecule has 0 bridgehead atoms. The first kappa shape index (κ1) is 15.9. The number of hydrogen-bond acceptors (Lipinski definition) is 4. The zero-order chi connectivity index (χ0) is 17.1. The second kappa shape index (κ2) is 6.64. The molecule has 5 nitrogen and oxygen atoms in total. The number of nitrogens with zero attached hydrogens (tertiary/aromatic N) is 1. The number of anilines is 1. The Balaban J connectivity index is 1.97. The lowest BCUT2D eigenvalue weighted by molar-refractivity contribution is -0.122. The van der Waals surface area contributed by atoms with Crippen LogP contribution in [0.2, 0.25) is 0 Å². The Bertz CT molecular complexity index is 829. The fourth-order valence-electron chi connectivity index (χ4n) is 2.34. The number of methoxy groups -OCH3 is 1. The molecule has 0 spiro atoms. The maximum Gasteiger partial charge on any atom is 0.270 e. The van der Waals surface area contributed by atoms with E-state index >= 15 is 0 Å². The van der Waals surface area contributed by atoms with Crippen LogP contribution in [-0.4, -0.2) is 24.0 Å². The third kappa shape index (κ3) is 3.04. The first-order valence-electron chi connectivity index (χ1n) is 7.20. The second-order valence-corrected chi connectivity index (χ2v) is 5.45. The molecule has 0 aromatic heterocycles. The van der Waals surface area contributed by atoms with Gasteiger partial charge in [0.15, 0.2) is 5.11 Å². The summed E-state index contributed by atoms with van der Waals surface area (Å²) in [5.74, 6) is -0.262. The monoisotopic (exact) mass is 338 g/mol. The summed E-state index contributed by atoms with van der Waals surface area (Å²) >= 11 is 5.14. The van der Waals surface area contributed by atoms with Crippen molar-refractivity contribution in [2.75, 3.05) is 12.0 Å². The zero-order valence-corrected chi connectivity index (χ0v) is 13.7. The predicted molar refractivity (Wildman–Crippen MR) is 95.6 cm³/mol. The van der Waals surface area contributed by atoms with Gasteiger partial charge in [-0.25, -0.2) is 0 Å². The lowest BCUT2D eigenvalue weighted by atomic mass is 10.1. The molecule has 1 aliphatic rings. The Morgan fingerprint density at radius 3 is 2.33 bits per heavy atom. The summed E-state index contributed by atoms with van der Waals surface area (Å²) in [5.41, 5.74) is 1.35. The van der Waals surface area contributed by atoms with Crippen LogP contribution in [0.5, 0.6) is 5.75 Å². The number of amides is 2. The van der Waals surface area contributed by atoms with Crippen LogP contribution in [0.3, 0.4) is 0 Å². The Hall–Kier alpha value is -2.99. The van der Waals surface area contributed by atoms with Crippen LogP contribution in [-0.2, 0) is 9.59 Å². The van der Waals surface area contributed by atoms with E-state index in [9.17, 15) is 9.59 Å². The van der Waals surface area contributed by atoms with Crippen molar-refractivity contribution in [3.8, 4) is 5.75 Å². The van der Waals surface area contributed by atoms with Crippen molar-refractivity contribution in [3.63, 3.8) is 0 Å². The Labute approximate surface area is 144 Å². The van der Waals surface area contributed by atoms with Crippen LogP contribution in [0.1, 0.15) is 5.56 Å². The SMILES string of the molecule is COc1ccc(/C=C2/C(=O)NC(=S)N(c3ccccc3)C2=O)cc1. The highest BCUT2D eigenvalue weighted by Gasteiger charge is 2.34. The molecular formula is C18H14N2O3S. The first-order valence-corrected chi connectivity index (χ1v) is 7.61. The van der Waals surface area contributed by atoms with Gasteiger partial charge in [-0.2, -0.15) is 0 Å². The molecule has 0 unspecified atom stereocenters. The summed E-state index contributed by atoms with van der Waals surface area (Å²) in [5, 5.41) is 2.63. The smallest absolute Gasteiger partial charge is 0.270 e. The van der Waals surface area contributed by atoms with Gasteiger partial charge in [-0.1, -0.05) is 30.3 Å². The molecule has 6 heteroatoms.